The molecule has 0 bridgehead atoms. The van der Waals surface area contributed by atoms with E-state index in [0.717, 1.165) is 0 Å². The first kappa shape index (κ1) is 16.2. The Hall–Kier alpha value is -3.16. The maximum Gasteiger partial charge on any atom is 0.338 e. The van der Waals surface area contributed by atoms with E-state index < -0.39 is 22.9 Å². The topological polar surface area (TPSA) is 130 Å². The molecule has 0 saturated carbocycles. The molecule has 0 aliphatic carbocycles. The van der Waals surface area contributed by atoms with Crippen molar-refractivity contribution in [1.82, 2.24) is 5.32 Å². The van der Waals surface area contributed by atoms with Gasteiger partial charge in [0.05, 0.1) is 22.1 Å². The number of rotatable bonds is 4. The van der Waals surface area contributed by atoms with Crippen LogP contribution in [0.5, 0.6) is 0 Å². The Morgan fingerprint density at radius 2 is 1.91 bits per heavy atom. The third-order valence-electron chi connectivity index (χ3n) is 3.55. The van der Waals surface area contributed by atoms with Crippen molar-refractivity contribution in [1.29, 1.82) is 0 Å². The lowest BCUT2D eigenvalue weighted by Crippen LogP contribution is -2.36. The Morgan fingerprint density at radius 1 is 1.26 bits per heavy atom. The van der Waals surface area contributed by atoms with Gasteiger partial charge >= 0.3 is 11.9 Å². The van der Waals surface area contributed by atoms with Gasteiger partial charge in [0.2, 0.25) is 0 Å². The number of hydrogen-bond donors (Lipinski definition) is 3. The molecule has 1 unspecified atom stereocenters. The summed E-state index contributed by atoms with van der Waals surface area (Å²) >= 11 is 0. The zero-order valence-corrected chi connectivity index (χ0v) is 12.4. The van der Waals surface area contributed by atoms with E-state index in [1.165, 1.54) is 31.2 Å². The van der Waals surface area contributed by atoms with Crippen LogP contribution in [0.3, 0.4) is 0 Å². The van der Waals surface area contributed by atoms with Crippen LogP contribution < -0.4 is 5.32 Å². The minimum atomic E-state index is -1.30. The number of carboxylic acid groups (broad SMARTS) is 2. The summed E-state index contributed by atoms with van der Waals surface area (Å²) in [6, 6.07) is 4.64. The molecular weight excluding hydrogens is 304 g/mol. The number of carbonyl (C=O) groups is 2. The van der Waals surface area contributed by atoms with Crippen molar-refractivity contribution in [2.24, 2.45) is 0 Å². The molecule has 0 aromatic heterocycles. The number of dihydropyridines is 1. The van der Waals surface area contributed by atoms with Gasteiger partial charge in [-0.05, 0) is 19.4 Å². The zero-order chi connectivity index (χ0) is 17.3. The summed E-state index contributed by atoms with van der Waals surface area (Å²) in [6.07, 6.45) is 0. The largest absolute Gasteiger partial charge is 0.478 e. The van der Waals surface area contributed by atoms with Gasteiger partial charge in [-0.15, -0.1) is 0 Å². The summed E-state index contributed by atoms with van der Waals surface area (Å²) in [5, 5.41) is 32.6. The standard InChI is InChI=1S/C15H14N2O6/c1-7-11(14(18)19)13(12(15(20)21)8(2)16-7)9-4-3-5-10(6-9)17(22)23/h3-7,16H,1-2H3,(H,18,19)(H,20,21). The number of allylic oxidation sites excluding steroid dienone is 1. The summed E-state index contributed by atoms with van der Waals surface area (Å²) in [6.45, 7) is 3.11. The van der Waals surface area contributed by atoms with Gasteiger partial charge in [0, 0.05) is 23.4 Å². The van der Waals surface area contributed by atoms with Crippen molar-refractivity contribution in [3.05, 3.63) is 56.8 Å². The molecule has 1 heterocycles. The fraction of sp³-hybridized carbons (Fsp3) is 0.200. The molecule has 120 valence electrons. The van der Waals surface area contributed by atoms with Gasteiger partial charge in [-0.1, -0.05) is 12.1 Å². The van der Waals surface area contributed by atoms with E-state index in [1.807, 2.05) is 0 Å². The number of aliphatic carboxylic acids is 2. The Kier molecular flexibility index (Phi) is 4.17. The molecule has 2 rings (SSSR count). The molecule has 1 aliphatic rings. The van der Waals surface area contributed by atoms with Crippen LogP contribution >= 0.6 is 0 Å². The summed E-state index contributed by atoms with van der Waals surface area (Å²) in [7, 11) is 0. The van der Waals surface area contributed by atoms with Crippen LogP contribution in [-0.4, -0.2) is 33.1 Å². The fourth-order valence-electron chi connectivity index (χ4n) is 2.64. The summed E-state index contributed by atoms with van der Waals surface area (Å²) in [5.74, 6) is -2.58. The normalized spacial score (nSPS) is 17.7. The van der Waals surface area contributed by atoms with Crippen LogP contribution in [0.25, 0.3) is 5.57 Å². The monoisotopic (exact) mass is 318 g/mol. The molecule has 1 aromatic rings. The highest BCUT2D eigenvalue weighted by atomic mass is 16.6. The van der Waals surface area contributed by atoms with Crippen molar-refractivity contribution in [2.45, 2.75) is 19.9 Å². The molecule has 0 spiro atoms. The Bertz CT molecular complexity index is 778. The summed E-state index contributed by atoms with van der Waals surface area (Å²) in [5.41, 5.74) is -0.126. The van der Waals surface area contributed by atoms with Gasteiger partial charge in [-0.2, -0.15) is 0 Å². The molecule has 8 nitrogen and oxygen atoms in total. The number of nitrogens with zero attached hydrogens (tertiary/aromatic N) is 1. The Morgan fingerprint density at radius 3 is 2.43 bits per heavy atom. The second-order valence-electron chi connectivity index (χ2n) is 5.07. The van der Waals surface area contributed by atoms with Crippen LogP contribution in [0.1, 0.15) is 19.4 Å². The number of nitrogens with one attached hydrogen (secondary N) is 1. The first-order chi connectivity index (χ1) is 10.7. The van der Waals surface area contributed by atoms with Crippen molar-refractivity contribution in [3.8, 4) is 0 Å². The zero-order valence-electron chi connectivity index (χ0n) is 12.4. The molecular formula is C15H14N2O6. The number of carboxylic acids is 2. The van der Waals surface area contributed by atoms with Crippen molar-refractivity contribution in [2.75, 3.05) is 0 Å². The van der Waals surface area contributed by atoms with Crippen LogP contribution in [0.4, 0.5) is 5.69 Å². The average molecular weight is 318 g/mol. The van der Waals surface area contributed by atoms with E-state index in [4.69, 9.17) is 0 Å². The fourth-order valence-corrected chi connectivity index (χ4v) is 2.64. The molecule has 1 aromatic carbocycles. The molecule has 3 N–H and O–H groups in total. The van der Waals surface area contributed by atoms with Crippen LogP contribution in [-0.2, 0) is 9.59 Å². The number of nitro groups is 1. The molecule has 0 radical (unpaired) electrons. The molecule has 23 heavy (non-hydrogen) atoms. The number of non-ortho nitro benzene ring substituents is 1. The average Bonchev–Trinajstić information content (AvgIpc) is 2.45. The quantitative estimate of drug-likeness (QED) is 0.570. The third kappa shape index (κ3) is 2.91. The lowest BCUT2D eigenvalue weighted by molar-refractivity contribution is -0.384. The van der Waals surface area contributed by atoms with Gasteiger partial charge in [-0.25, -0.2) is 9.59 Å². The molecule has 8 heteroatoms. The number of nitro benzene ring substituents is 1. The SMILES string of the molecule is CC1=C(C(=O)O)C(c2cccc([N+](=O)[O-])c2)=C(C(=O)O)C(C)N1. The van der Waals surface area contributed by atoms with Gasteiger partial charge in [0.1, 0.15) is 0 Å². The van der Waals surface area contributed by atoms with E-state index in [-0.39, 0.29) is 28.0 Å². The Balaban J connectivity index is 2.81. The predicted octanol–water partition coefficient (Wildman–Crippen LogP) is 1.78. The smallest absolute Gasteiger partial charge is 0.338 e. The van der Waals surface area contributed by atoms with E-state index in [2.05, 4.69) is 5.32 Å². The maximum atomic E-state index is 11.6. The highest BCUT2D eigenvalue weighted by Crippen LogP contribution is 2.35. The third-order valence-corrected chi connectivity index (χ3v) is 3.55. The first-order valence-electron chi connectivity index (χ1n) is 6.67. The van der Waals surface area contributed by atoms with E-state index >= 15 is 0 Å². The van der Waals surface area contributed by atoms with Gasteiger partial charge in [-0.3, -0.25) is 10.1 Å². The first-order valence-corrected chi connectivity index (χ1v) is 6.67. The van der Waals surface area contributed by atoms with Crippen molar-refractivity contribution < 1.29 is 24.7 Å². The van der Waals surface area contributed by atoms with E-state index in [9.17, 15) is 29.9 Å². The minimum absolute atomic E-state index is 0.0162. The molecule has 0 fully saturated rings. The van der Waals surface area contributed by atoms with Crippen LogP contribution in [0, 0.1) is 10.1 Å². The Labute approximate surface area is 130 Å². The second-order valence-corrected chi connectivity index (χ2v) is 5.07. The van der Waals surface area contributed by atoms with Gasteiger partial charge < -0.3 is 15.5 Å². The second kappa shape index (κ2) is 5.91. The minimum Gasteiger partial charge on any atom is -0.478 e. The van der Waals surface area contributed by atoms with E-state index in [0.29, 0.717) is 5.70 Å². The maximum absolute atomic E-state index is 11.6. The van der Waals surface area contributed by atoms with E-state index in [1.54, 1.807) is 6.92 Å². The highest BCUT2D eigenvalue weighted by Gasteiger charge is 2.33. The molecule has 1 aliphatic heterocycles. The highest BCUT2D eigenvalue weighted by molar-refractivity contribution is 6.13. The lowest BCUT2D eigenvalue weighted by Gasteiger charge is -2.27. The van der Waals surface area contributed by atoms with Crippen LogP contribution in [0.15, 0.2) is 41.1 Å². The summed E-state index contributed by atoms with van der Waals surface area (Å²) in [4.78, 5) is 33.5. The van der Waals surface area contributed by atoms with Gasteiger partial charge in [0.15, 0.2) is 0 Å². The van der Waals surface area contributed by atoms with Crippen molar-refractivity contribution >= 4 is 23.2 Å². The van der Waals surface area contributed by atoms with Gasteiger partial charge in [0.25, 0.3) is 5.69 Å². The van der Waals surface area contributed by atoms with Crippen molar-refractivity contribution in [3.63, 3.8) is 0 Å². The molecule has 1 atom stereocenters. The predicted molar refractivity (Wildman–Crippen MR) is 80.6 cm³/mol. The van der Waals surface area contributed by atoms with Crippen LogP contribution in [0.2, 0.25) is 0 Å². The molecule has 0 saturated heterocycles. The number of benzene rings is 1. The summed E-state index contributed by atoms with van der Waals surface area (Å²) < 4.78 is 0. The number of hydrogen-bond acceptors (Lipinski definition) is 5. The lowest BCUT2D eigenvalue weighted by atomic mass is 9.85. The molecule has 0 amide bonds.